The Morgan fingerprint density at radius 3 is 2.59 bits per heavy atom. The molecule has 1 unspecified atom stereocenters. The molecular weight excluding hydrogens is 302 g/mol. The molecular formula is C12H8Cl3FS. The van der Waals surface area contributed by atoms with Gasteiger partial charge in [-0.3, -0.25) is 0 Å². The van der Waals surface area contributed by atoms with Gasteiger partial charge in [-0.1, -0.05) is 35.3 Å². The molecule has 0 nitrogen and oxygen atoms in total. The van der Waals surface area contributed by atoms with Crippen molar-refractivity contribution in [1.82, 2.24) is 0 Å². The standard InChI is InChI=1S/C12H8Cl3FS/c1-6-5-9(17-12(6)15)11(14)7-3-2-4-8(16)10(7)13/h2-5,11H,1H3. The summed E-state index contributed by atoms with van der Waals surface area (Å²) in [6, 6.07) is 6.51. The molecule has 0 spiro atoms. The van der Waals surface area contributed by atoms with E-state index in [1.54, 1.807) is 12.1 Å². The summed E-state index contributed by atoms with van der Waals surface area (Å²) >= 11 is 19.6. The van der Waals surface area contributed by atoms with E-state index in [0.717, 1.165) is 10.4 Å². The lowest BCUT2D eigenvalue weighted by Gasteiger charge is -2.10. The van der Waals surface area contributed by atoms with Crippen LogP contribution in [-0.2, 0) is 0 Å². The zero-order valence-electron chi connectivity index (χ0n) is 8.81. The zero-order chi connectivity index (χ0) is 12.6. The van der Waals surface area contributed by atoms with Crippen LogP contribution in [0.5, 0.6) is 0 Å². The molecule has 17 heavy (non-hydrogen) atoms. The summed E-state index contributed by atoms with van der Waals surface area (Å²) < 4.78 is 14.0. The lowest BCUT2D eigenvalue weighted by molar-refractivity contribution is 0.626. The first-order chi connectivity index (χ1) is 8.00. The lowest BCUT2D eigenvalue weighted by Crippen LogP contribution is -1.93. The molecule has 0 aliphatic heterocycles. The molecule has 0 saturated heterocycles. The molecule has 0 radical (unpaired) electrons. The SMILES string of the molecule is Cc1cc(C(Cl)c2cccc(F)c2Cl)sc1Cl. The van der Waals surface area contributed by atoms with E-state index in [2.05, 4.69) is 0 Å². The highest BCUT2D eigenvalue weighted by Gasteiger charge is 2.19. The maximum absolute atomic E-state index is 13.3. The predicted octanol–water partition coefficient (Wildman–Crippen LogP) is 5.83. The van der Waals surface area contributed by atoms with E-state index in [1.165, 1.54) is 17.4 Å². The van der Waals surface area contributed by atoms with Crippen LogP contribution in [0.3, 0.4) is 0 Å². The number of rotatable bonds is 2. The maximum Gasteiger partial charge on any atom is 0.142 e. The molecule has 0 fully saturated rings. The number of halogens is 4. The minimum Gasteiger partial charge on any atom is -0.205 e. The molecule has 1 aromatic carbocycles. The van der Waals surface area contributed by atoms with Crippen LogP contribution in [0.2, 0.25) is 9.36 Å². The second kappa shape index (κ2) is 5.15. The Kier molecular flexibility index (Phi) is 3.99. The van der Waals surface area contributed by atoms with Crippen molar-refractivity contribution in [3.8, 4) is 0 Å². The Hall–Kier alpha value is -0.280. The highest BCUT2D eigenvalue weighted by molar-refractivity contribution is 7.16. The van der Waals surface area contributed by atoms with Crippen LogP contribution in [0, 0.1) is 12.7 Å². The number of benzene rings is 1. The van der Waals surface area contributed by atoms with Crippen molar-refractivity contribution in [3.63, 3.8) is 0 Å². The Balaban J connectivity index is 2.43. The van der Waals surface area contributed by atoms with E-state index in [4.69, 9.17) is 34.8 Å². The predicted molar refractivity (Wildman–Crippen MR) is 73.2 cm³/mol. The molecule has 1 atom stereocenters. The number of thiophene rings is 1. The molecule has 5 heteroatoms. The second-order valence-corrected chi connectivity index (χ2v) is 6.11. The molecule has 0 bridgehead atoms. The third kappa shape index (κ3) is 2.60. The molecule has 0 N–H and O–H groups in total. The molecule has 0 saturated carbocycles. The van der Waals surface area contributed by atoms with Gasteiger partial charge in [-0.05, 0) is 30.2 Å². The van der Waals surface area contributed by atoms with E-state index in [0.29, 0.717) is 9.90 Å². The van der Waals surface area contributed by atoms with Crippen LogP contribution < -0.4 is 0 Å². The van der Waals surface area contributed by atoms with Gasteiger partial charge in [-0.25, -0.2) is 4.39 Å². The summed E-state index contributed by atoms with van der Waals surface area (Å²) in [6.45, 7) is 1.90. The summed E-state index contributed by atoms with van der Waals surface area (Å²) in [4.78, 5) is 0.863. The highest BCUT2D eigenvalue weighted by atomic mass is 35.5. The van der Waals surface area contributed by atoms with Gasteiger partial charge in [0.1, 0.15) is 5.82 Å². The largest absolute Gasteiger partial charge is 0.205 e. The number of hydrogen-bond acceptors (Lipinski definition) is 1. The molecule has 2 aromatic rings. The fraction of sp³-hybridized carbons (Fsp3) is 0.167. The monoisotopic (exact) mass is 308 g/mol. The van der Waals surface area contributed by atoms with Gasteiger partial charge in [-0.2, -0.15) is 0 Å². The summed E-state index contributed by atoms with van der Waals surface area (Å²) in [7, 11) is 0. The smallest absolute Gasteiger partial charge is 0.142 e. The molecule has 1 heterocycles. The molecule has 0 amide bonds. The van der Waals surface area contributed by atoms with Gasteiger partial charge < -0.3 is 0 Å². The maximum atomic E-state index is 13.3. The van der Waals surface area contributed by atoms with E-state index in [1.807, 2.05) is 13.0 Å². The van der Waals surface area contributed by atoms with E-state index in [9.17, 15) is 4.39 Å². The van der Waals surface area contributed by atoms with Gasteiger partial charge in [0.05, 0.1) is 14.7 Å². The van der Waals surface area contributed by atoms with E-state index < -0.39 is 11.2 Å². The summed E-state index contributed by atoms with van der Waals surface area (Å²) in [5.74, 6) is -0.464. The van der Waals surface area contributed by atoms with Crippen molar-refractivity contribution < 1.29 is 4.39 Å². The average molecular weight is 310 g/mol. The van der Waals surface area contributed by atoms with Gasteiger partial charge in [-0.15, -0.1) is 22.9 Å². The van der Waals surface area contributed by atoms with E-state index >= 15 is 0 Å². The van der Waals surface area contributed by atoms with Crippen LogP contribution in [0.4, 0.5) is 4.39 Å². The van der Waals surface area contributed by atoms with Crippen molar-refractivity contribution in [3.05, 3.63) is 55.4 Å². The second-order valence-electron chi connectivity index (χ2n) is 3.61. The van der Waals surface area contributed by atoms with Gasteiger partial charge in [0, 0.05) is 4.88 Å². The summed E-state index contributed by atoms with van der Waals surface area (Å²) in [5.41, 5.74) is 1.52. The first kappa shape index (κ1) is 13.2. The first-order valence-electron chi connectivity index (χ1n) is 4.84. The third-order valence-corrected chi connectivity index (χ3v) is 5.00. The third-order valence-electron chi connectivity index (χ3n) is 2.38. The van der Waals surface area contributed by atoms with Gasteiger partial charge in [0.2, 0.25) is 0 Å². The summed E-state index contributed by atoms with van der Waals surface area (Å²) in [5, 5.41) is -0.413. The molecule has 0 aliphatic rings. The molecule has 1 aromatic heterocycles. The van der Waals surface area contributed by atoms with Crippen LogP contribution in [0.25, 0.3) is 0 Å². The van der Waals surface area contributed by atoms with Crippen molar-refractivity contribution >= 4 is 46.1 Å². The Morgan fingerprint density at radius 2 is 2.00 bits per heavy atom. The number of aryl methyl sites for hydroxylation is 1. The fourth-order valence-electron chi connectivity index (χ4n) is 1.48. The lowest BCUT2D eigenvalue weighted by atomic mass is 10.1. The summed E-state index contributed by atoms with van der Waals surface area (Å²) in [6.07, 6.45) is 0. The van der Waals surface area contributed by atoms with Crippen LogP contribution >= 0.6 is 46.1 Å². The number of hydrogen-bond donors (Lipinski definition) is 0. The first-order valence-corrected chi connectivity index (χ1v) is 6.85. The van der Waals surface area contributed by atoms with Crippen molar-refractivity contribution in [2.45, 2.75) is 12.3 Å². The number of alkyl halides is 1. The molecule has 2 rings (SSSR count). The Bertz CT molecular complexity index is 531. The molecule has 90 valence electrons. The highest BCUT2D eigenvalue weighted by Crippen LogP contribution is 2.40. The van der Waals surface area contributed by atoms with Gasteiger partial charge in [0.15, 0.2) is 0 Å². The Morgan fingerprint density at radius 1 is 1.29 bits per heavy atom. The van der Waals surface area contributed by atoms with Crippen LogP contribution in [0.15, 0.2) is 24.3 Å². The minimum atomic E-state index is -0.477. The zero-order valence-corrected chi connectivity index (χ0v) is 11.9. The van der Waals surface area contributed by atoms with Gasteiger partial charge in [0.25, 0.3) is 0 Å². The van der Waals surface area contributed by atoms with E-state index in [-0.39, 0.29) is 5.02 Å². The average Bonchev–Trinajstić information content (AvgIpc) is 2.62. The topological polar surface area (TPSA) is 0 Å². The van der Waals surface area contributed by atoms with Crippen LogP contribution in [-0.4, -0.2) is 0 Å². The fourth-order valence-corrected chi connectivity index (χ4v) is 3.36. The molecule has 0 aliphatic carbocycles. The van der Waals surface area contributed by atoms with Crippen LogP contribution in [0.1, 0.15) is 21.4 Å². The van der Waals surface area contributed by atoms with Crippen molar-refractivity contribution in [2.75, 3.05) is 0 Å². The normalized spacial score (nSPS) is 12.8. The van der Waals surface area contributed by atoms with Crippen molar-refractivity contribution in [1.29, 1.82) is 0 Å². The van der Waals surface area contributed by atoms with Gasteiger partial charge >= 0.3 is 0 Å². The van der Waals surface area contributed by atoms with Crippen molar-refractivity contribution in [2.24, 2.45) is 0 Å². The minimum absolute atomic E-state index is 0.0645. The quantitative estimate of drug-likeness (QED) is 0.612. The Labute approximate surface area is 118 Å².